The zero-order valence-corrected chi connectivity index (χ0v) is 7.30. The van der Waals surface area contributed by atoms with Gasteiger partial charge in [-0.1, -0.05) is 12.2 Å². The van der Waals surface area contributed by atoms with Crippen LogP contribution in [-0.4, -0.2) is 24.6 Å². The Labute approximate surface area is 77.4 Å². The van der Waals surface area contributed by atoms with Gasteiger partial charge in [-0.2, -0.15) is 5.10 Å². The molecule has 0 spiro atoms. The summed E-state index contributed by atoms with van der Waals surface area (Å²) in [7, 11) is 0. The van der Waals surface area contributed by atoms with Crippen LogP contribution in [0.1, 0.15) is 0 Å². The smallest absolute Gasteiger partial charge is 0.213 e. The molecule has 6 heteroatoms. The topological polar surface area (TPSA) is 61.8 Å². The Balaban J connectivity index is 2.79. The van der Waals surface area contributed by atoms with E-state index in [1.807, 2.05) is 10.6 Å². The number of aromatic nitrogens is 5. The second-order valence-electron chi connectivity index (χ2n) is 2.71. The van der Waals surface area contributed by atoms with Crippen molar-refractivity contribution in [2.24, 2.45) is 0 Å². The maximum absolute atomic E-state index is 5.13. The van der Waals surface area contributed by atoms with Gasteiger partial charge in [0.2, 0.25) is 5.78 Å². The molecule has 0 atom stereocenters. The van der Waals surface area contributed by atoms with E-state index in [1.54, 1.807) is 12.4 Å². The largest absolute Gasteiger partial charge is 0.316 e. The predicted octanol–water partition coefficient (Wildman–Crippen LogP) is 1.27. The molecule has 2 N–H and O–H groups in total. The van der Waals surface area contributed by atoms with Crippen molar-refractivity contribution in [2.45, 2.75) is 0 Å². The van der Waals surface area contributed by atoms with E-state index in [2.05, 4.69) is 20.2 Å². The van der Waals surface area contributed by atoms with Gasteiger partial charge in [-0.05, 0) is 0 Å². The fraction of sp³-hybridized carbons (Fsp3) is 0. The van der Waals surface area contributed by atoms with Crippen LogP contribution in [0, 0.1) is 4.64 Å². The van der Waals surface area contributed by atoms with E-state index in [9.17, 15) is 0 Å². The molecular weight excluding hydrogens is 186 g/mol. The Morgan fingerprint density at radius 2 is 2.38 bits per heavy atom. The number of aromatic amines is 2. The van der Waals surface area contributed by atoms with Gasteiger partial charge >= 0.3 is 0 Å². The van der Waals surface area contributed by atoms with Gasteiger partial charge < -0.3 is 4.98 Å². The van der Waals surface area contributed by atoms with Gasteiger partial charge in [0, 0.05) is 12.4 Å². The second-order valence-corrected chi connectivity index (χ2v) is 3.12. The first-order valence-corrected chi connectivity index (χ1v) is 4.15. The number of imidazole rings is 1. The highest BCUT2D eigenvalue weighted by Crippen LogP contribution is 2.11. The summed E-state index contributed by atoms with van der Waals surface area (Å²) in [6.07, 6.45) is 5.26. The van der Waals surface area contributed by atoms with E-state index in [1.165, 1.54) is 0 Å². The van der Waals surface area contributed by atoms with Crippen LogP contribution in [-0.2, 0) is 0 Å². The minimum Gasteiger partial charge on any atom is -0.316 e. The summed E-state index contributed by atoms with van der Waals surface area (Å²) in [4.78, 5) is 7.11. The first-order valence-electron chi connectivity index (χ1n) is 3.75. The number of hydrogen-bond donors (Lipinski definition) is 2. The molecule has 64 valence electrons. The van der Waals surface area contributed by atoms with Gasteiger partial charge in [0.1, 0.15) is 10.3 Å². The maximum Gasteiger partial charge on any atom is 0.213 e. The molecular formula is C7H5N5S. The highest BCUT2D eigenvalue weighted by molar-refractivity contribution is 7.71. The molecule has 0 aromatic carbocycles. The molecule has 0 aliphatic heterocycles. The van der Waals surface area contributed by atoms with Crippen molar-refractivity contribution in [2.75, 3.05) is 0 Å². The molecule has 3 rings (SSSR count). The van der Waals surface area contributed by atoms with Gasteiger partial charge in [-0.3, -0.25) is 9.50 Å². The highest BCUT2D eigenvalue weighted by Gasteiger charge is 2.03. The van der Waals surface area contributed by atoms with Crippen molar-refractivity contribution in [1.82, 2.24) is 24.6 Å². The first-order chi connectivity index (χ1) is 6.36. The van der Waals surface area contributed by atoms with Crippen molar-refractivity contribution in [3.05, 3.63) is 23.2 Å². The van der Waals surface area contributed by atoms with Crippen LogP contribution in [0.5, 0.6) is 0 Å². The Morgan fingerprint density at radius 1 is 1.46 bits per heavy atom. The second kappa shape index (κ2) is 2.17. The normalized spacial score (nSPS) is 11.4. The zero-order chi connectivity index (χ0) is 8.84. The average Bonchev–Trinajstić information content (AvgIpc) is 2.66. The number of nitrogens with zero attached hydrogens (tertiary/aromatic N) is 3. The maximum atomic E-state index is 5.13. The molecule has 0 bridgehead atoms. The van der Waals surface area contributed by atoms with Crippen LogP contribution in [0.2, 0.25) is 0 Å². The van der Waals surface area contributed by atoms with Crippen LogP contribution in [0.3, 0.4) is 0 Å². The lowest BCUT2D eigenvalue weighted by atomic mass is 10.4. The summed E-state index contributed by atoms with van der Waals surface area (Å²) in [5, 5.41) is 7.71. The van der Waals surface area contributed by atoms with Crippen molar-refractivity contribution in [3.63, 3.8) is 0 Å². The monoisotopic (exact) mass is 191 g/mol. The summed E-state index contributed by atoms with van der Waals surface area (Å²) >= 11 is 5.13. The third kappa shape index (κ3) is 0.775. The van der Waals surface area contributed by atoms with Gasteiger partial charge in [-0.15, -0.1) is 0 Å². The fourth-order valence-electron chi connectivity index (χ4n) is 1.37. The van der Waals surface area contributed by atoms with E-state index in [-0.39, 0.29) is 0 Å². The molecule has 0 radical (unpaired) electrons. The number of fused-ring (bicyclic) bond motifs is 3. The highest BCUT2D eigenvalue weighted by atomic mass is 32.1. The molecule has 0 saturated heterocycles. The Hall–Kier alpha value is -1.69. The summed E-state index contributed by atoms with van der Waals surface area (Å²) in [6.45, 7) is 0. The molecule has 3 aromatic rings. The Morgan fingerprint density at radius 3 is 3.31 bits per heavy atom. The molecule has 13 heavy (non-hydrogen) atoms. The van der Waals surface area contributed by atoms with E-state index in [0.717, 1.165) is 16.8 Å². The summed E-state index contributed by atoms with van der Waals surface area (Å²) in [5.41, 5.74) is 0.872. The summed E-state index contributed by atoms with van der Waals surface area (Å²) in [6, 6.07) is 0. The molecule has 0 amide bonds. The lowest BCUT2D eigenvalue weighted by Gasteiger charge is -1.94. The third-order valence-electron chi connectivity index (χ3n) is 1.97. The number of hydrogen-bond acceptors (Lipinski definition) is 3. The van der Waals surface area contributed by atoms with Crippen molar-refractivity contribution >= 4 is 29.0 Å². The quantitative estimate of drug-likeness (QED) is 0.526. The standard InChI is InChI=1S/C7H5N5S/c13-6-4-3-9-11-5(4)12-2-1-8-7(12)10-6/h1-3H,(H,9,11)(H,8,10,13). The first kappa shape index (κ1) is 6.79. The van der Waals surface area contributed by atoms with E-state index in [0.29, 0.717) is 4.64 Å². The van der Waals surface area contributed by atoms with Crippen LogP contribution < -0.4 is 0 Å². The SMILES string of the molecule is S=c1[nH]c2nccn2c2[nH]ncc12. The Bertz CT molecular complexity index is 631. The van der Waals surface area contributed by atoms with Gasteiger partial charge in [0.25, 0.3) is 0 Å². The molecule has 0 fully saturated rings. The average molecular weight is 191 g/mol. The van der Waals surface area contributed by atoms with Crippen LogP contribution in [0.25, 0.3) is 16.8 Å². The number of H-pyrrole nitrogens is 2. The lowest BCUT2D eigenvalue weighted by Crippen LogP contribution is -1.90. The van der Waals surface area contributed by atoms with E-state index in [4.69, 9.17) is 12.2 Å². The third-order valence-corrected chi connectivity index (χ3v) is 2.29. The van der Waals surface area contributed by atoms with Crippen molar-refractivity contribution in [1.29, 1.82) is 0 Å². The van der Waals surface area contributed by atoms with E-state index < -0.39 is 0 Å². The molecule has 0 aliphatic rings. The molecule has 0 aliphatic carbocycles. The number of rotatable bonds is 0. The van der Waals surface area contributed by atoms with Crippen LogP contribution in [0.15, 0.2) is 18.6 Å². The molecule has 5 nitrogen and oxygen atoms in total. The summed E-state index contributed by atoms with van der Waals surface area (Å²) in [5.74, 6) is 0.724. The zero-order valence-electron chi connectivity index (χ0n) is 6.48. The minimum atomic E-state index is 0.655. The van der Waals surface area contributed by atoms with Crippen LogP contribution in [0.4, 0.5) is 0 Å². The molecule has 3 heterocycles. The number of nitrogens with one attached hydrogen (secondary N) is 2. The molecule has 0 saturated carbocycles. The van der Waals surface area contributed by atoms with Crippen molar-refractivity contribution < 1.29 is 0 Å². The lowest BCUT2D eigenvalue weighted by molar-refractivity contribution is 1.06. The minimum absolute atomic E-state index is 0.655. The molecule has 3 aromatic heterocycles. The molecule has 0 unspecified atom stereocenters. The van der Waals surface area contributed by atoms with Gasteiger partial charge in [0.15, 0.2) is 0 Å². The van der Waals surface area contributed by atoms with Crippen molar-refractivity contribution in [3.8, 4) is 0 Å². The van der Waals surface area contributed by atoms with Crippen LogP contribution >= 0.6 is 12.2 Å². The Kier molecular flexibility index (Phi) is 1.13. The van der Waals surface area contributed by atoms with Gasteiger partial charge in [0.05, 0.1) is 11.6 Å². The summed E-state index contributed by atoms with van der Waals surface area (Å²) < 4.78 is 2.53. The predicted molar refractivity (Wildman–Crippen MR) is 50.0 cm³/mol. The fourth-order valence-corrected chi connectivity index (χ4v) is 1.62. The van der Waals surface area contributed by atoms with Gasteiger partial charge in [-0.25, -0.2) is 4.98 Å². The van der Waals surface area contributed by atoms with E-state index >= 15 is 0 Å².